The Morgan fingerprint density at radius 1 is 1.16 bits per heavy atom. The lowest BCUT2D eigenvalue weighted by Gasteiger charge is -2.16. The Bertz CT molecular complexity index is 535. The number of fused-ring (bicyclic) bond motifs is 1. The molecule has 3 heteroatoms. The predicted molar refractivity (Wildman–Crippen MR) is 78.5 cm³/mol. The molecule has 0 aromatic heterocycles. The summed E-state index contributed by atoms with van der Waals surface area (Å²) in [5.74, 6) is 0.897. The summed E-state index contributed by atoms with van der Waals surface area (Å²) in [6.45, 7) is 2.99. The Hall–Kier alpha value is -1.58. The molecule has 0 heterocycles. The van der Waals surface area contributed by atoms with E-state index < -0.39 is 0 Å². The van der Waals surface area contributed by atoms with Gasteiger partial charge in [0, 0.05) is 18.0 Å². The third kappa shape index (κ3) is 3.06. The van der Waals surface area contributed by atoms with Crippen molar-refractivity contribution in [3.63, 3.8) is 0 Å². The summed E-state index contributed by atoms with van der Waals surface area (Å²) in [6, 6.07) is 12.5. The minimum absolute atomic E-state index is 0.154. The van der Waals surface area contributed by atoms with E-state index in [9.17, 15) is 5.11 Å². The second kappa shape index (κ2) is 6.55. The van der Waals surface area contributed by atoms with Gasteiger partial charge < -0.3 is 15.2 Å². The molecular formula is C16H21NO2. The van der Waals surface area contributed by atoms with Crippen LogP contribution in [0.2, 0.25) is 0 Å². The zero-order valence-corrected chi connectivity index (χ0v) is 11.5. The Kier molecular flexibility index (Phi) is 4.77. The molecule has 0 bridgehead atoms. The largest absolute Gasteiger partial charge is 0.496 e. The van der Waals surface area contributed by atoms with Crippen LogP contribution in [-0.4, -0.2) is 24.9 Å². The van der Waals surface area contributed by atoms with Crippen molar-refractivity contribution < 1.29 is 9.84 Å². The summed E-state index contributed by atoms with van der Waals surface area (Å²) in [6.07, 6.45) is 0.921. The van der Waals surface area contributed by atoms with E-state index in [2.05, 4.69) is 30.4 Å². The van der Waals surface area contributed by atoms with Gasteiger partial charge in [-0.2, -0.15) is 0 Å². The molecule has 0 fully saturated rings. The quantitative estimate of drug-likeness (QED) is 0.838. The van der Waals surface area contributed by atoms with Gasteiger partial charge in [-0.15, -0.1) is 0 Å². The smallest absolute Gasteiger partial charge is 0.126 e. The molecule has 0 saturated heterocycles. The third-order valence-corrected chi connectivity index (χ3v) is 3.49. The van der Waals surface area contributed by atoms with Gasteiger partial charge in [-0.1, -0.05) is 37.3 Å². The summed E-state index contributed by atoms with van der Waals surface area (Å²) in [5, 5.41) is 14.9. The summed E-state index contributed by atoms with van der Waals surface area (Å²) in [4.78, 5) is 0. The number of methoxy groups -OCH3 is 1. The van der Waals surface area contributed by atoms with E-state index in [1.165, 1.54) is 10.9 Å². The highest BCUT2D eigenvalue weighted by Gasteiger charge is 2.08. The van der Waals surface area contributed by atoms with Crippen LogP contribution in [0.25, 0.3) is 10.8 Å². The van der Waals surface area contributed by atoms with Crippen molar-refractivity contribution in [3.05, 3.63) is 42.0 Å². The van der Waals surface area contributed by atoms with Gasteiger partial charge in [0.1, 0.15) is 5.75 Å². The second-order valence-electron chi connectivity index (χ2n) is 4.64. The summed E-state index contributed by atoms with van der Waals surface area (Å²) < 4.78 is 5.39. The van der Waals surface area contributed by atoms with E-state index in [-0.39, 0.29) is 12.6 Å². The van der Waals surface area contributed by atoms with Gasteiger partial charge in [0.25, 0.3) is 0 Å². The molecular weight excluding hydrogens is 238 g/mol. The van der Waals surface area contributed by atoms with Crippen molar-refractivity contribution in [2.75, 3.05) is 13.7 Å². The summed E-state index contributed by atoms with van der Waals surface area (Å²) >= 11 is 0. The van der Waals surface area contributed by atoms with Crippen molar-refractivity contribution in [3.8, 4) is 5.75 Å². The number of nitrogens with one attached hydrogen (secondary N) is 1. The maximum Gasteiger partial charge on any atom is 0.126 e. The van der Waals surface area contributed by atoms with Crippen LogP contribution in [0.4, 0.5) is 0 Å². The molecule has 2 N–H and O–H groups in total. The molecule has 0 aliphatic heterocycles. The summed E-state index contributed by atoms with van der Waals surface area (Å²) in [5.41, 5.74) is 1.23. The molecule has 2 rings (SSSR count). The lowest BCUT2D eigenvalue weighted by molar-refractivity contribution is 0.238. The van der Waals surface area contributed by atoms with E-state index in [4.69, 9.17) is 4.74 Å². The van der Waals surface area contributed by atoms with Gasteiger partial charge in [-0.25, -0.2) is 0 Å². The highest BCUT2D eigenvalue weighted by Crippen LogP contribution is 2.28. The highest BCUT2D eigenvalue weighted by atomic mass is 16.5. The molecule has 1 atom stereocenters. The number of aliphatic hydroxyl groups excluding tert-OH is 1. The molecule has 0 aliphatic carbocycles. The van der Waals surface area contributed by atoms with Gasteiger partial charge in [-0.3, -0.25) is 0 Å². The van der Waals surface area contributed by atoms with E-state index in [1.807, 2.05) is 18.2 Å². The number of hydrogen-bond acceptors (Lipinski definition) is 3. The van der Waals surface area contributed by atoms with Gasteiger partial charge in [0.05, 0.1) is 13.7 Å². The molecule has 102 valence electrons. The molecule has 0 amide bonds. The van der Waals surface area contributed by atoms with Crippen molar-refractivity contribution in [1.82, 2.24) is 5.32 Å². The lowest BCUT2D eigenvalue weighted by atomic mass is 10.0. The number of aliphatic hydroxyl groups is 1. The molecule has 2 aromatic carbocycles. The van der Waals surface area contributed by atoms with Gasteiger partial charge in [0.2, 0.25) is 0 Å². The molecule has 2 aromatic rings. The molecule has 1 unspecified atom stereocenters. The molecule has 3 nitrogen and oxygen atoms in total. The number of ether oxygens (including phenoxy) is 1. The Labute approximate surface area is 114 Å². The molecule has 0 radical (unpaired) electrons. The fourth-order valence-corrected chi connectivity index (χ4v) is 2.26. The van der Waals surface area contributed by atoms with E-state index in [0.717, 1.165) is 24.1 Å². The van der Waals surface area contributed by atoms with Crippen molar-refractivity contribution in [1.29, 1.82) is 0 Å². The first kappa shape index (κ1) is 13.8. The van der Waals surface area contributed by atoms with Crippen molar-refractivity contribution in [2.24, 2.45) is 0 Å². The van der Waals surface area contributed by atoms with Gasteiger partial charge in [0.15, 0.2) is 0 Å². The maximum absolute atomic E-state index is 9.22. The van der Waals surface area contributed by atoms with E-state index in [1.54, 1.807) is 7.11 Å². The topological polar surface area (TPSA) is 41.5 Å². The Morgan fingerprint density at radius 2 is 1.89 bits per heavy atom. The van der Waals surface area contributed by atoms with Crippen LogP contribution in [0.15, 0.2) is 36.4 Å². The van der Waals surface area contributed by atoms with Crippen LogP contribution < -0.4 is 10.1 Å². The number of benzene rings is 2. The molecule has 0 saturated carbocycles. The molecule has 0 spiro atoms. The van der Waals surface area contributed by atoms with Crippen LogP contribution in [0.1, 0.15) is 18.9 Å². The maximum atomic E-state index is 9.22. The van der Waals surface area contributed by atoms with Crippen LogP contribution >= 0.6 is 0 Å². The fraction of sp³-hybridized carbons (Fsp3) is 0.375. The first-order valence-corrected chi connectivity index (χ1v) is 6.69. The average molecular weight is 259 g/mol. The average Bonchev–Trinajstić information content (AvgIpc) is 2.48. The lowest BCUT2D eigenvalue weighted by Crippen LogP contribution is -2.31. The number of rotatable bonds is 6. The standard InChI is InChI=1S/C16H21NO2/c1-3-13(11-18)17-10-12-8-9-16(19-2)15-7-5-4-6-14(12)15/h4-9,13,17-18H,3,10-11H2,1-2H3. The van der Waals surface area contributed by atoms with Gasteiger partial charge >= 0.3 is 0 Å². The predicted octanol–water partition coefficient (Wildman–Crippen LogP) is 2.71. The zero-order chi connectivity index (χ0) is 13.7. The Balaban J connectivity index is 2.29. The molecule has 0 aliphatic rings. The van der Waals surface area contributed by atoms with Crippen LogP contribution in [-0.2, 0) is 6.54 Å². The number of hydrogen-bond donors (Lipinski definition) is 2. The monoisotopic (exact) mass is 259 g/mol. The summed E-state index contributed by atoms with van der Waals surface area (Å²) in [7, 11) is 1.69. The second-order valence-corrected chi connectivity index (χ2v) is 4.64. The van der Waals surface area contributed by atoms with E-state index in [0.29, 0.717) is 0 Å². The SMILES string of the molecule is CCC(CO)NCc1ccc(OC)c2ccccc12. The van der Waals surface area contributed by atoms with Crippen LogP contribution in [0.5, 0.6) is 5.75 Å². The molecule has 19 heavy (non-hydrogen) atoms. The van der Waals surface area contributed by atoms with Gasteiger partial charge in [-0.05, 0) is 23.4 Å². The first-order chi connectivity index (χ1) is 9.30. The van der Waals surface area contributed by atoms with E-state index >= 15 is 0 Å². The van der Waals surface area contributed by atoms with Crippen LogP contribution in [0, 0.1) is 0 Å². The minimum Gasteiger partial charge on any atom is -0.496 e. The first-order valence-electron chi connectivity index (χ1n) is 6.69. The van der Waals surface area contributed by atoms with Crippen molar-refractivity contribution >= 4 is 10.8 Å². The normalized spacial score (nSPS) is 12.6. The van der Waals surface area contributed by atoms with Crippen LogP contribution in [0.3, 0.4) is 0 Å². The minimum atomic E-state index is 0.154. The fourth-order valence-electron chi connectivity index (χ4n) is 2.26. The Morgan fingerprint density at radius 3 is 2.53 bits per heavy atom. The highest BCUT2D eigenvalue weighted by molar-refractivity contribution is 5.91. The zero-order valence-electron chi connectivity index (χ0n) is 11.5. The van der Waals surface area contributed by atoms with Crippen molar-refractivity contribution in [2.45, 2.75) is 25.9 Å². The third-order valence-electron chi connectivity index (χ3n) is 3.49.